The van der Waals surface area contributed by atoms with Crippen molar-refractivity contribution in [1.29, 1.82) is 5.26 Å². The highest BCUT2D eigenvalue weighted by molar-refractivity contribution is 7.99. The lowest BCUT2D eigenvalue weighted by Gasteiger charge is -2.62. The topological polar surface area (TPSA) is 144 Å². The average Bonchev–Trinajstić information content (AvgIpc) is 3.71. The summed E-state index contributed by atoms with van der Waals surface area (Å²) in [5, 5.41) is 25.3. The number of phenolic OH excluding ortho intramolecular Hbond substituents is 1. The Morgan fingerprint density at radius 3 is 2.50 bits per heavy atom. The van der Waals surface area contributed by atoms with Gasteiger partial charge in [0.25, 0.3) is 0 Å². The largest absolute Gasteiger partial charge is 0.504 e. The van der Waals surface area contributed by atoms with Crippen LogP contribution in [0, 0.1) is 25.2 Å². The number of thioether (sulfide) groups is 1. The van der Waals surface area contributed by atoms with Crippen LogP contribution in [0.15, 0.2) is 43.5 Å². The Bertz CT molecular complexity index is 2280. The van der Waals surface area contributed by atoms with Crippen LogP contribution >= 0.6 is 11.8 Å². The van der Waals surface area contributed by atoms with Gasteiger partial charge in [0.2, 0.25) is 6.79 Å². The van der Waals surface area contributed by atoms with Crippen LogP contribution in [0.25, 0.3) is 0 Å². The summed E-state index contributed by atoms with van der Waals surface area (Å²) >= 11 is 1.61. The summed E-state index contributed by atoms with van der Waals surface area (Å²) < 4.78 is 43.9. The quantitative estimate of drug-likeness (QED) is 0.219. The van der Waals surface area contributed by atoms with Gasteiger partial charge in [-0.1, -0.05) is 31.4 Å². The highest BCUT2D eigenvalue weighted by Crippen LogP contribution is 2.64. The lowest BCUT2D eigenvalue weighted by molar-refractivity contribution is -0.157. The molecule has 14 heteroatoms. The number of hydrogen-bond donors (Lipinski definition) is 2. The molecule has 2 saturated heterocycles. The summed E-state index contributed by atoms with van der Waals surface area (Å²) in [6, 6.07) is 6.20. The maximum atomic E-state index is 14.9. The summed E-state index contributed by atoms with van der Waals surface area (Å²) in [6.45, 7) is 12.8. The molecular weight excluding hydrogens is 761 g/mol. The molecule has 2 fully saturated rings. The fourth-order valence-corrected chi connectivity index (χ4v) is 12.2. The minimum absolute atomic E-state index is 0.0109. The molecule has 7 aliphatic heterocycles. The van der Waals surface area contributed by atoms with E-state index < -0.39 is 28.8 Å². The van der Waals surface area contributed by atoms with Gasteiger partial charge in [0.05, 0.1) is 37.6 Å². The number of phenols is 1. The molecule has 3 aromatic rings. The van der Waals surface area contributed by atoms with Gasteiger partial charge in [0, 0.05) is 46.6 Å². The third kappa shape index (κ3) is 5.43. The number of piperazine rings is 1. The molecule has 2 N–H and O–H groups in total. The fourth-order valence-electron chi connectivity index (χ4n) is 10.5. The van der Waals surface area contributed by atoms with Crippen molar-refractivity contribution in [1.82, 2.24) is 15.1 Å². The predicted octanol–water partition coefficient (Wildman–Crippen LogP) is 5.49. The first-order chi connectivity index (χ1) is 28.1. The number of carbonyl (C=O) groups is 1. The van der Waals surface area contributed by atoms with Gasteiger partial charge < -0.3 is 38.3 Å². The van der Waals surface area contributed by atoms with Crippen molar-refractivity contribution in [2.75, 3.05) is 60.2 Å². The Morgan fingerprint density at radius 1 is 1.02 bits per heavy atom. The molecule has 7 aliphatic rings. The second-order valence-electron chi connectivity index (χ2n) is 15.7. The number of likely N-dealkylation sites (N-methyl/N-ethyl adjacent to an activating group) is 1. The third-order valence-electron chi connectivity index (χ3n) is 12.9. The van der Waals surface area contributed by atoms with Crippen LogP contribution in [0.5, 0.6) is 40.2 Å². The van der Waals surface area contributed by atoms with Crippen LogP contribution in [0.4, 0.5) is 0 Å². The number of nitriles is 1. The van der Waals surface area contributed by atoms with E-state index in [1.54, 1.807) is 43.2 Å². The van der Waals surface area contributed by atoms with E-state index in [9.17, 15) is 15.2 Å². The third-order valence-corrected chi connectivity index (χ3v) is 14.3. The number of fused-ring (bicyclic) bond motifs is 9. The summed E-state index contributed by atoms with van der Waals surface area (Å²) in [4.78, 5) is 19.5. The zero-order chi connectivity index (χ0) is 40.6. The molecule has 0 radical (unpaired) electrons. The van der Waals surface area contributed by atoms with Gasteiger partial charge in [-0.05, 0) is 68.1 Å². The number of ether oxygens (including phenoxy) is 7. The Balaban J connectivity index is 1.33. The summed E-state index contributed by atoms with van der Waals surface area (Å²) in [6.07, 6.45) is 4.64. The Labute approximate surface area is 342 Å². The molecule has 304 valence electrons. The van der Waals surface area contributed by atoms with Gasteiger partial charge in [-0.2, -0.15) is 5.26 Å². The van der Waals surface area contributed by atoms with Crippen LogP contribution in [0.1, 0.15) is 61.8 Å². The van der Waals surface area contributed by atoms with Gasteiger partial charge in [-0.25, -0.2) is 4.79 Å². The summed E-state index contributed by atoms with van der Waals surface area (Å²) in [5.74, 6) is 3.19. The van der Waals surface area contributed by atoms with Gasteiger partial charge >= 0.3 is 5.97 Å². The summed E-state index contributed by atoms with van der Waals surface area (Å²) in [5.41, 5.74) is 5.79. The monoisotopic (exact) mass is 808 g/mol. The second kappa shape index (κ2) is 14.6. The molecule has 7 atom stereocenters. The minimum atomic E-state index is -1.30. The Kier molecular flexibility index (Phi) is 9.70. The van der Waals surface area contributed by atoms with Crippen LogP contribution in [-0.2, 0) is 27.9 Å². The van der Waals surface area contributed by atoms with Gasteiger partial charge in [0.15, 0.2) is 40.0 Å². The molecular formula is C44H48N4O9S. The Morgan fingerprint density at radius 2 is 1.78 bits per heavy atom. The van der Waals surface area contributed by atoms with E-state index in [4.69, 9.17) is 33.2 Å². The van der Waals surface area contributed by atoms with E-state index in [2.05, 4.69) is 47.5 Å². The first-order valence-corrected chi connectivity index (χ1v) is 20.7. The number of esters is 1. The second-order valence-corrected chi connectivity index (χ2v) is 16.8. The van der Waals surface area contributed by atoms with Crippen molar-refractivity contribution in [3.05, 3.63) is 88.0 Å². The van der Waals surface area contributed by atoms with Crippen molar-refractivity contribution < 1.29 is 43.1 Å². The number of methoxy groups -OCH3 is 2. The lowest BCUT2D eigenvalue weighted by Crippen LogP contribution is -2.69. The van der Waals surface area contributed by atoms with Gasteiger partial charge in [-0.15, -0.1) is 11.8 Å². The van der Waals surface area contributed by atoms with E-state index in [1.807, 2.05) is 13.8 Å². The standard InChI is InChI=1S/C44H48N4O9S/c1-8-12-53-38-23(4)39-41(57-21-56-39)33-29-19-55-43(50)44(26-17-31(51-6)30(49)16-24(26)10-11-46-44)20-58-42(34(33)38)36-35-32-25(15-27(47(35)5)28(18-45)48(29)36)14-22(3)37(52-7)40(32)54-13-9-2/h8-9,14,16-17,27-29,35-36,42,46,49H,1-2,10-13,15,19-21H2,3-7H3/t27-,28+,29-,35-,36?,42-,44-/m1/s1. The number of aryl methyl sites for hydroxylation is 1. The van der Waals surface area contributed by atoms with Crippen molar-refractivity contribution >= 4 is 17.7 Å². The van der Waals surface area contributed by atoms with Crippen LogP contribution in [-0.4, -0.2) is 99.2 Å². The van der Waals surface area contributed by atoms with Crippen molar-refractivity contribution in [3.63, 3.8) is 0 Å². The smallest absolute Gasteiger partial charge is 0.331 e. The number of benzene rings is 3. The molecule has 3 aromatic carbocycles. The molecule has 1 spiro atoms. The number of carbonyl (C=O) groups excluding carboxylic acids is 1. The minimum Gasteiger partial charge on any atom is -0.504 e. The molecule has 10 rings (SSSR count). The average molecular weight is 809 g/mol. The first-order valence-electron chi connectivity index (χ1n) is 19.6. The van der Waals surface area contributed by atoms with Crippen molar-refractivity contribution in [2.24, 2.45) is 0 Å². The molecule has 0 amide bonds. The molecule has 4 bridgehead atoms. The SMILES string of the molecule is C=CCOc1c(C)c2c(c3c1[C@H]1SC[C@]4(NCCc5cc(O)c(OC)cc54)C(=O)OC[C@H]3N3C1[C@H]1c4c(cc(C)c(OC)c4OCC=C)C[C@H]([C@@H]3C#N)N1C)OCO2. The number of rotatable bonds is 8. The van der Waals surface area contributed by atoms with E-state index in [-0.39, 0.29) is 62.0 Å². The first kappa shape index (κ1) is 38.4. The molecule has 7 heterocycles. The Hall–Kier alpha value is -5.07. The van der Waals surface area contributed by atoms with E-state index in [0.29, 0.717) is 53.7 Å². The predicted molar refractivity (Wildman–Crippen MR) is 216 cm³/mol. The lowest BCUT2D eigenvalue weighted by atomic mass is 9.71. The van der Waals surface area contributed by atoms with E-state index in [1.165, 1.54) is 7.11 Å². The van der Waals surface area contributed by atoms with Crippen LogP contribution in [0.2, 0.25) is 0 Å². The van der Waals surface area contributed by atoms with Gasteiger partial charge in [0.1, 0.15) is 31.6 Å². The van der Waals surface area contributed by atoms with Crippen LogP contribution < -0.4 is 33.7 Å². The molecule has 0 aliphatic carbocycles. The number of nitrogens with zero attached hydrogens (tertiary/aromatic N) is 3. The fraction of sp³-hybridized carbons (Fsp3) is 0.455. The number of nitrogens with one attached hydrogen (secondary N) is 1. The number of hydrogen-bond acceptors (Lipinski definition) is 14. The zero-order valence-corrected chi connectivity index (χ0v) is 34.2. The maximum Gasteiger partial charge on any atom is 0.331 e. The van der Waals surface area contributed by atoms with Crippen LogP contribution in [0.3, 0.4) is 0 Å². The molecule has 13 nitrogen and oxygen atoms in total. The van der Waals surface area contributed by atoms with Crippen molar-refractivity contribution in [2.45, 2.75) is 67.7 Å². The summed E-state index contributed by atoms with van der Waals surface area (Å²) in [7, 11) is 5.25. The number of aromatic hydroxyl groups is 1. The van der Waals surface area contributed by atoms with E-state index >= 15 is 0 Å². The highest BCUT2D eigenvalue weighted by Gasteiger charge is 2.62. The molecule has 58 heavy (non-hydrogen) atoms. The van der Waals surface area contributed by atoms with Gasteiger partial charge in [-0.3, -0.25) is 15.1 Å². The molecule has 0 saturated carbocycles. The van der Waals surface area contributed by atoms with Crippen molar-refractivity contribution in [3.8, 4) is 46.3 Å². The molecule has 1 unspecified atom stereocenters. The highest BCUT2D eigenvalue weighted by atomic mass is 32.2. The zero-order valence-electron chi connectivity index (χ0n) is 33.4. The maximum absolute atomic E-state index is 14.9. The van der Waals surface area contributed by atoms with E-state index in [0.717, 1.165) is 38.9 Å². The normalized spacial score (nSPS) is 27.9. The molecule has 0 aromatic heterocycles.